The largest absolute Gasteiger partial charge is 0.497 e. The number of hydrogen-bond donors (Lipinski definition) is 2. The molecule has 0 aliphatic rings. The minimum absolute atomic E-state index is 0.859. The third kappa shape index (κ3) is 5.17. The number of methoxy groups -OCH3 is 1. The van der Waals surface area contributed by atoms with Crippen molar-refractivity contribution in [2.75, 3.05) is 19.0 Å². The van der Waals surface area contributed by atoms with Gasteiger partial charge in [0.25, 0.3) is 0 Å². The van der Waals surface area contributed by atoms with E-state index in [1.165, 1.54) is 12.0 Å². The molecule has 116 valence electrons. The summed E-state index contributed by atoms with van der Waals surface area (Å²) in [6, 6.07) is 18.2. The van der Waals surface area contributed by atoms with Crippen LogP contribution >= 0.6 is 0 Å². The van der Waals surface area contributed by atoms with E-state index in [1.807, 2.05) is 42.5 Å². The molecule has 22 heavy (non-hydrogen) atoms. The van der Waals surface area contributed by atoms with Gasteiger partial charge in [-0.1, -0.05) is 43.7 Å². The Hall–Kier alpha value is -2.42. The fourth-order valence-corrected chi connectivity index (χ4v) is 2.08. The molecular weight excluding hydrogens is 272 g/mol. The number of nitrogens with one attached hydrogen (secondary N) is 2. The van der Waals surface area contributed by atoms with Crippen LogP contribution < -0.4 is 15.4 Å². The van der Waals surface area contributed by atoms with Crippen LogP contribution in [0.5, 0.6) is 5.75 Å². The lowest BCUT2D eigenvalue weighted by molar-refractivity contribution is 0.415. The smallest absolute Gasteiger partial charge is 0.119 e. The SMILES string of the molecule is CCCCN/C(=C\c1ccccc1)Nc1ccc(OC)cc1. The Labute approximate surface area is 133 Å². The maximum absolute atomic E-state index is 5.19. The Morgan fingerprint density at radius 2 is 1.77 bits per heavy atom. The predicted molar refractivity (Wildman–Crippen MR) is 93.9 cm³/mol. The topological polar surface area (TPSA) is 33.3 Å². The summed E-state index contributed by atoms with van der Waals surface area (Å²) in [5.41, 5.74) is 2.20. The summed E-state index contributed by atoms with van der Waals surface area (Å²) < 4.78 is 5.19. The molecule has 0 bridgehead atoms. The molecule has 2 N–H and O–H groups in total. The van der Waals surface area contributed by atoms with Crippen LogP contribution in [0.25, 0.3) is 6.08 Å². The molecule has 3 nitrogen and oxygen atoms in total. The van der Waals surface area contributed by atoms with Crippen LogP contribution in [0, 0.1) is 0 Å². The van der Waals surface area contributed by atoms with Gasteiger partial charge in [-0.15, -0.1) is 0 Å². The molecule has 2 aromatic carbocycles. The Morgan fingerprint density at radius 3 is 2.41 bits per heavy atom. The van der Waals surface area contributed by atoms with Crippen molar-refractivity contribution >= 4 is 11.8 Å². The minimum Gasteiger partial charge on any atom is -0.497 e. The molecule has 2 aromatic rings. The summed E-state index contributed by atoms with van der Waals surface area (Å²) in [6.45, 7) is 3.15. The molecule has 0 amide bonds. The van der Waals surface area contributed by atoms with Crippen molar-refractivity contribution in [1.29, 1.82) is 0 Å². The summed E-state index contributed by atoms with van der Waals surface area (Å²) in [5, 5.41) is 6.90. The van der Waals surface area contributed by atoms with Crippen LogP contribution in [-0.4, -0.2) is 13.7 Å². The van der Waals surface area contributed by atoms with Crippen molar-refractivity contribution in [3.8, 4) is 5.75 Å². The summed E-state index contributed by atoms with van der Waals surface area (Å²) in [6.07, 6.45) is 4.45. The Morgan fingerprint density at radius 1 is 1.05 bits per heavy atom. The van der Waals surface area contributed by atoms with Gasteiger partial charge in [0.15, 0.2) is 0 Å². The maximum Gasteiger partial charge on any atom is 0.119 e. The standard InChI is InChI=1S/C19H24N2O/c1-3-4-14-20-19(15-16-8-6-5-7-9-16)21-17-10-12-18(22-2)13-11-17/h5-13,15,20-21H,3-4,14H2,1-2H3/b19-15+. The van der Waals surface area contributed by atoms with E-state index in [1.54, 1.807) is 7.11 Å². The van der Waals surface area contributed by atoms with Crippen molar-refractivity contribution in [3.63, 3.8) is 0 Å². The number of unbranched alkanes of at least 4 members (excludes halogenated alkanes) is 1. The molecule has 0 unspecified atom stereocenters. The summed E-state index contributed by atoms with van der Waals surface area (Å²) in [7, 11) is 1.68. The Balaban J connectivity index is 2.10. The average molecular weight is 296 g/mol. The van der Waals surface area contributed by atoms with E-state index in [0.29, 0.717) is 0 Å². The van der Waals surface area contributed by atoms with E-state index < -0.39 is 0 Å². The maximum atomic E-state index is 5.19. The number of rotatable bonds is 8. The quantitative estimate of drug-likeness (QED) is 0.704. The number of anilines is 1. The first-order valence-corrected chi connectivity index (χ1v) is 7.73. The lowest BCUT2D eigenvalue weighted by Crippen LogP contribution is -2.20. The number of hydrogen-bond acceptors (Lipinski definition) is 3. The van der Waals surface area contributed by atoms with Crippen LogP contribution in [0.15, 0.2) is 60.4 Å². The molecule has 0 aliphatic heterocycles. The van der Waals surface area contributed by atoms with Gasteiger partial charge in [0, 0.05) is 12.2 Å². The first-order chi connectivity index (χ1) is 10.8. The first-order valence-electron chi connectivity index (χ1n) is 7.73. The second-order valence-corrected chi connectivity index (χ2v) is 5.10. The van der Waals surface area contributed by atoms with E-state index >= 15 is 0 Å². The molecule has 0 saturated carbocycles. The van der Waals surface area contributed by atoms with Crippen LogP contribution in [0.3, 0.4) is 0 Å². The molecule has 0 atom stereocenters. The molecule has 3 heteroatoms. The van der Waals surface area contributed by atoms with Gasteiger partial charge in [-0.3, -0.25) is 0 Å². The second-order valence-electron chi connectivity index (χ2n) is 5.10. The molecule has 0 spiro atoms. The fraction of sp³-hybridized carbons (Fsp3) is 0.263. The summed E-state index contributed by atoms with van der Waals surface area (Å²) in [5.74, 6) is 1.86. The lowest BCUT2D eigenvalue weighted by atomic mass is 10.2. The molecule has 0 radical (unpaired) electrons. The highest BCUT2D eigenvalue weighted by atomic mass is 16.5. The molecule has 2 rings (SSSR count). The number of ether oxygens (including phenoxy) is 1. The van der Waals surface area contributed by atoms with Crippen LogP contribution in [0.2, 0.25) is 0 Å². The van der Waals surface area contributed by atoms with Crippen LogP contribution in [-0.2, 0) is 0 Å². The molecular formula is C19H24N2O. The van der Waals surface area contributed by atoms with Crippen molar-refractivity contribution in [3.05, 3.63) is 66.0 Å². The highest BCUT2D eigenvalue weighted by Gasteiger charge is 1.99. The van der Waals surface area contributed by atoms with Gasteiger partial charge in [0.2, 0.25) is 0 Å². The zero-order valence-corrected chi connectivity index (χ0v) is 13.3. The Kier molecular flexibility index (Phi) is 6.37. The highest BCUT2D eigenvalue weighted by molar-refractivity contribution is 5.59. The second kappa shape index (κ2) is 8.78. The van der Waals surface area contributed by atoms with Crippen molar-refractivity contribution < 1.29 is 4.74 Å². The molecule has 0 aliphatic carbocycles. The van der Waals surface area contributed by atoms with E-state index in [9.17, 15) is 0 Å². The zero-order chi connectivity index (χ0) is 15.6. The normalized spacial score (nSPS) is 11.1. The lowest BCUT2D eigenvalue weighted by Gasteiger charge is -2.14. The van der Waals surface area contributed by atoms with E-state index in [2.05, 4.69) is 35.8 Å². The number of benzene rings is 2. The van der Waals surface area contributed by atoms with Crippen molar-refractivity contribution in [1.82, 2.24) is 5.32 Å². The zero-order valence-electron chi connectivity index (χ0n) is 13.3. The highest BCUT2D eigenvalue weighted by Crippen LogP contribution is 2.17. The van der Waals surface area contributed by atoms with Crippen molar-refractivity contribution in [2.45, 2.75) is 19.8 Å². The molecule has 0 aromatic heterocycles. The van der Waals surface area contributed by atoms with Gasteiger partial charge in [-0.25, -0.2) is 0 Å². The predicted octanol–water partition coefficient (Wildman–Crippen LogP) is 4.50. The van der Waals surface area contributed by atoms with E-state index in [-0.39, 0.29) is 0 Å². The van der Waals surface area contributed by atoms with Gasteiger partial charge in [0.05, 0.1) is 7.11 Å². The van der Waals surface area contributed by atoms with E-state index in [0.717, 1.165) is 30.2 Å². The Bertz CT molecular complexity index is 576. The van der Waals surface area contributed by atoms with Gasteiger partial charge in [-0.05, 0) is 42.3 Å². The fourth-order valence-electron chi connectivity index (χ4n) is 2.08. The monoisotopic (exact) mass is 296 g/mol. The molecule has 0 heterocycles. The van der Waals surface area contributed by atoms with Gasteiger partial charge in [0.1, 0.15) is 11.6 Å². The first kappa shape index (κ1) is 16.0. The van der Waals surface area contributed by atoms with Gasteiger partial charge >= 0.3 is 0 Å². The van der Waals surface area contributed by atoms with Crippen LogP contribution in [0.1, 0.15) is 25.3 Å². The van der Waals surface area contributed by atoms with E-state index in [4.69, 9.17) is 4.74 Å². The van der Waals surface area contributed by atoms with Gasteiger partial charge in [-0.2, -0.15) is 0 Å². The molecule has 0 fully saturated rings. The average Bonchev–Trinajstić information content (AvgIpc) is 2.56. The third-order valence-electron chi connectivity index (χ3n) is 3.33. The summed E-state index contributed by atoms with van der Waals surface area (Å²) >= 11 is 0. The summed E-state index contributed by atoms with van der Waals surface area (Å²) in [4.78, 5) is 0. The van der Waals surface area contributed by atoms with Crippen molar-refractivity contribution in [2.24, 2.45) is 0 Å². The minimum atomic E-state index is 0.859. The van der Waals surface area contributed by atoms with Crippen LogP contribution in [0.4, 0.5) is 5.69 Å². The van der Waals surface area contributed by atoms with Gasteiger partial charge < -0.3 is 15.4 Å². The molecule has 0 saturated heterocycles. The third-order valence-corrected chi connectivity index (χ3v) is 3.33.